The average molecular weight is 2210 g/mol. The van der Waals surface area contributed by atoms with Gasteiger partial charge in [-0.1, -0.05) is 279 Å². The predicted molar refractivity (Wildman–Crippen MR) is 619 cm³/mol. The number of ketones is 2. The minimum atomic E-state index is -2.31. The van der Waals surface area contributed by atoms with Crippen LogP contribution in [0.3, 0.4) is 0 Å². The van der Waals surface area contributed by atoms with Crippen LogP contribution in [0.4, 0.5) is 0 Å². The number of hydrogen-bond donors (Lipinski definition) is 0. The van der Waals surface area contributed by atoms with Gasteiger partial charge in [0.1, 0.15) is 11.5 Å². The first-order valence-electron chi connectivity index (χ1n) is 56.5. The number of aryl methyl sites for hydroxylation is 3. The molecular formula is C123H181Br2NO8S4Sn. The van der Waals surface area contributed by atoms with Crippen molar-refractivity contribution in [1.82, 2.24) is 4.90 Å². The number of fused-ring (bicyclic) bond motifs is 12. The van der Waals surface area contributed by atoms with Gasteiger partial charge >= 0.3 is 276 Å². The molecule has 5 atom stereocenters. The van der Waals surface area contributed by atoms with E-state index in [0.29, 0.717) is 81.1 Å². The fraction of sp³-hybridized carbons (Fsp3) is 0.642. The first-order valence-corrected chi connectivity index (χ1v) is 71.3. The molecule has 2 aliphatic rings. The summed E-state index contributed by atoms with van der Waals surface area (Å²) in [6, 6.07) is 26.6. The summed E-state index contributed by atoms with van der Waals surface area (Å²) in [5, 5.41) is 9.90. The van der Waals surface area contributed by atoms with Crippen molar-refractivity contribution in [3.05, 3.63) is 119 Å². The normalized spacial score (nSPS) is 14.2. The Balaban J connectivity index is 0.000000238. The molecule has 0 saturated carbocycles. The van der Waals surface area contributed by atoms with Crippen molar-refractivity contribution in [1.29, 1.82) is 0 Å². The fourth-order valence-corrected chi connectivity index (χ4v) is 31.9. The minimum Gasteiger partial charge on any atom is -0.493 e. The molecule has 0 saturated heterocycles. The van der Waals surface area contributed by atoms with Crippen LogP contribution in [0.25, 0.3) is 72.3 Å². The van der Waals surface area contributed by atoms with Crippen molar-refractivity contribution >= 4 is 184 Å². The molecule has 5 unspecified atom stereocenters. The van der Waals surface area contributed by atoms with Crippen molar-refractivity contribution in [2.75, 3.05) is 33.0 Å². The molecule has 10 aromatic rings. The summed E-state index contributed by atoms with van der Waals surface area (Å²) in [7, 11) is 0. The van der Waals surface area contributed by atoms with Crippen LogP contribution in [0.15, 0.2) is 81.7 Å². The molecule has 1 aliphatic carbocycles. The Labute approximate surface area is 879 Å². The number of hydrogen-bond acceptors (Lipinski definition) is 12. The van der Waals surface area contributed by atoms with Gasteiger partial charge in [0.25, 0.3) is 11.8 Å². The summed E-state index contributed by atoms with van der Waals surface area (Å²) in [6.07, 6.45) is 66.0. The van der Waals surface area contributed by atoms with Crippen molar-refractivity contribution < 1.29 is 38.1 Å². The van der Waals surface area contributed by atoms with E-state index in [0.717, 1.165) is 94.1 Å². The van der Waals surface area contributed by atoms with Gasteiger partial charge in [0.2, 0.25) is 0 Å². The number of carbonyl (C=O) groups is 4. The third-order valence-electron chi connectivity index (χ3n) is 29.6. The van der Waals surface area contributed by atoms with Crippen LogP contribution in [0.5, 0.6) is 23.0 Å². The monoisotopic (exact) mass is 2210 g/mol. The van der Waals surface area contributed by atoms with E-state index in [-0.39, 0.29) is 23.4 Å². The van der Waals surface area contributed by atoms with E-state index in [9.17, 15) is 19.2 Å². The summed E-state index contributed by atoms with van der Waals surface area (Å²) in [4.78, 5) is 66.5. The van der Waals surface area contributed by atoms with Crippen LogP contribution in [0.2, 0.25) is 14.8 Å². The van der Waals surface area contributed by atoms with Crippen molar-refractivity contribution in [3.63, 3.8) is 0 Å². The number of halogens is 2. The zero-order chi connectivity index (χ0) is 99.6. The molecule has 9 nitrogen and oxygen atoms in total. The molecule has 12 rings (SSSR count). The Morgan fingerprint density at radius 2 is 0.612 bits per heavy atom. The van der Waals surface area contributed by atoms with Gasteiger partial charge in [0, 0.05) is 62.1 Å². The molecular weight excluding hydrogens is 2030 g/mol. The number of rotatable bonds is 68. The Morgan fingerprint density at radius 3 is 0.964 bits per heavy atom. The average Bonchev–Trinajstić information content (AvgIpc) is 1.57. The van der Waals surface area contributed by atoms with Crippen molar-refractivity contribution in [2.45, 2.75) is 445 Å². The first-order chi connectivity index (χ1) is 67.5. The van der Waals surface area contributed by atoms with Crippen molar-refractivity contribution in [2.24, 2.45) is 29.6 Å². The van der Waals surface area contributed by atoms with Crippen LogP contribution in [0, 0.1) is 50.4 Å². The van der Waals surface area contributed by atoms with Gasteiger partial charge in [-0.2, -0.15) is 0 Å². The summed E-state index contributed by atoms with van der Waals surface area (Å²) >= 11 is 12.1. The molecule has 0 fully saturated rings. The standard InChI is InChI=1S/C61H88O4S2.C39H57O2S2.C20H27Br2NO2.3CH3.Sn/c1-8-13-18-21-22-23-24-25-26-29-34-50-58(62)54-43(6)35-36-49(55(54)59(50)63)53-40-48-39-52(65-42-46(31-17-12-5)33-28-20-15-10-3)56-57(61(48)67-53)51(38-47-37-44(7)66-60(47)56)64-41-45(30-16-11-4)32-27-19-14-9-2;1-6-10-14-16-20-30(18-12-8-3)27-40-34-25-32-22-23-42-38(32)36-35(26-33-24-29(5)43-39(33)37(34)36)41-28-31(19-13-9-4)21-17-15-11-7-2;1-2-3-4-5-6-7-8-9-10-11-14-23-19(24)17-15(21)12-13-16(22)18(17)20(23)25;;;;/h35-40,45-46,50H,8-34,41-42H2,1-7H3;22,24-26,30-31H,6-21,27-28H2,1-5H3;12-13H,2-11,14H2,1H3;3*1H3;. The molecule has 1 aliphatic heterocycles. The second kappa shape index (κ2) is 62.3. The Kier molecular flexibility index (Phi) is 52.0. The molecule has 0 N–H and O–H groups in total. The molecule has 4 aromatic heterocycles. The summed E-state index contributed by atoms with van der Waals surface area (Å²) in [5.74, 6) is 5.44. The molecule has 0 bridgehead atoms. The summed E-state index contributed by atoms with van der Waals surface area (Å²) in [5.41, 5.74) is 4.09. The number of carbonyl (C=O) groups excluding carboxylic acids is 4. The van der Waals surface area contributed by atoms with E-state index in [1.54, 1.807) is 26.4 Å². The van der Waals surface area contributed by atoms with Gasteiger partial charge in [-0.05, 0) is 149 Å². The third-order valence-corrected chi connectivity index (χ3v) is 44.9. The fourth-order valence-electron chi connectivity index (χ4n) is 21.1. The van der Waals surface area contributed by atoms with Gasteiger partial charge in [-0.15, -0.1) is 22.7 Å². The SMILES string of the molecule is CCCCCCC(CCCC)COc1cc2c[c]([Sn]([CH3])([CH3])[CH3])sc2c2c(OCC(CCCC)CCCCCC)cc3cc(C)sc3c12.CCCCCCCCCCCCC1C(=O)c2c(C)ccc(-c3cc4cc(OCC(CCCC)CCCCCC)c5c6sc(C)cc6cc(OCC(CCCC)CCCCCC)c5c4s3)c2C1=O.CCCCCCCCCCCCN1C(=O)c2c(Br)ccc(Br)c2C1=O. The van der Waals surface area contributed by atoms with Gasteiger partial charge < -0.3 is 9.47 Å². The van der Waals surface area contributed by atoms with Crippen LogP contribution in [-0.2, 0) is 0 Å². The van der Waals surface area contributed by atoms with Crippen LogP contribution in [0.1, 0.15) is 466 Å². The van der Waals surface area contributed by atoms with Crippen LogP contribution >= 0.6 is 77.2 Å². The second-order valence-corrected chi connectivity index (χ2v) is 64.4. The third kappa shape index (κ3) is 34.1. The van der Waals surface area contributed by atoms with Gasteiger partial charge in [-0.3, -0.25) is 24.1 Å². The largest absolute Gasteiger partial charge is 0.493 e. The maximum absolute atomic E-state index is 14.5. The second-order valence-electron chi connectivity index (χ2n) is 42.7. The van der Waals surface area contributed by atoms with E-state index >= 15 is 0 Å². The van der Waals surface area contributed by atoms with Crippen LogP contribution < -0.4 is 21.8 Å². The quantitative estimate of drug-likeness (QED) is 0.0161. The molecule has 5 heterocycles. The maximum Gasteiger partial charge on any atom is 0.262 e. The number of benzene rings is 6. The number of thiophene rings is 4. The Morgan fingerprint density at radius 1 is 0.317 bits per heavy atom. The molecule has 16 heteroatoms. The Bertz CT molecular complexity index is 5320. The van der Waals surface area contributed by atoms with Gasteiger partial charge in [-0.25, -0.2) is 0 Å². The number of unbranched alkanes of at least 4 members (excludes halogenated alkanes) is 34. The number of amides is 2. The first kappa shape index (κ1) is 116. The smallest absolute Gasteiger partial charge is 0.262 e. The summed E-state index contributed by atoms with van der Waals surface area (Å²) in [6.45, 7) is 33.0. The van der Waals surface area contributed by atoms with Crippen LogP contribution in [-0.4, -0.2) is 79.6 Å². The molecule has 139 heavy (non-hydrogen) atoms. The maximum atomic E-state index is 14.5. The Hall–Kier alpha value is -4.88. The van der Waals surface area contributed by atoms with Gasteiger partial charge in [0.05, 0.1) is 30.3 Å². The zero-order valence-electron chi connectivity index (χ0n) is 89.4. The van der Waals surface area contributed by atoms with Gasteiger partial charge in [0.15, 0.2) is 11.6 Å². The topological polar surface area (TPSA) is 108 Å². The van der Waals surface area contributed by atoms with Crippen molar-refractivity contribution in [3.8, 4) is 33.4 Å². The van der Waals surface area contributed by atoms with E-state index < -0.39 is 24.3 Å². The van der Waals surface area contributed by atoms with E-state index in [1.165, 1.54) is 369 Å². The van der Waals surface area contributed by atoms with E-state index in [2.05, 4.69) is 202 Å². The van der Waals surface area contributed by atoms with E-state index in [1.807, 2.05) is 29.6 Å². The van der Waals surface area contributed by atoms with E-state index in [4.69, 9.17) is 18.9 Å². The number of imide groups is 1. The molecule has 768 valence electrons. The molecule has 0 radical (unpaired) electrons. The minimum absolute atomic E-state index is 0.0230. The number of Topliss-reactive ketones (excluding diaryl/α,β-unsaturated/α-hetero) is 2. The number of nitrogens with zero attached hydrogens (tertiary/aromatic N) is 1. The molecule has 6 aromatic carbocycles. The predicted octanol–water partition coefficient (Wildman–Crippen LogP) is 41.3. The molecule has 2 amide bonds. The molecule has 0 spiro atoms. The number of ether oxygens (including phenoxy) is 4. The zero-order valence-corrected chi connectivity index (χ0v) is 98.7. The summed E-state index contributed by atoms with van der Waals surface area (Å²) < 4.78 is 36.6.